The highest BCUT2D eigenvalue weighted by molar-refractivity contribution is 6.06. The van der Waals surface area contributed by atoms with Crippen molar-refractivity contribution in [3.05, 3.63) is 75.3 Å². The number of esters is 1. The predicted octanol–water partition coefficient (Wildman–Crippen LogP) is 2.76. The molecule has 0 saturated carbocycles. The molecule has 2 N–H and O–H groups in total. The van der Waals surface area contributed by atoms with Crippen LogP contribution in [0.4, 0.5) is 5.69 Å². The lowest BCUT2D eigenvalue weighted by molar-refractivity contribution is -0.115. The Morgan fingerprint density at radius 2 is 1.83 bits per heavy atom. The van der Waals surface area contributed by atoms with Gasteiger partial charge in [-0.15, -0.1) is 0 Å². The molecule has 8 nitrogen and oxygen atoms in total. The van der Waals surface area contributed by atoms with Crippen LogP contribution >= 0.6 is 0 Å². The smallest absolute Gasteiger partial charge is 0.339 e. The zero-order valence-corrected chi connectivity index (χ0v) is 16.8. The zero-order chi connectivity index (χ0) is 21.4. The van der Waals surface area contributed by atoms with Crippen molar-refractivity contribution in [2.75, 3.05) is 12.4 Å². The van der Waals surface area contributed by atoms with Crippen molar-refractivity contribution in [3.63, 3.8) is 0 Å². The van der Waals surface area contributed by atoms with E-state index in [2.05, 4.69) is 15.4 Å². The van der Waals surface area contributed by atoms with Crippen LogP contribution in [-0.2, 0) is 16.0 Å². The number of carbonyl (C=O) groups excluding carboxylic acids is 2. The van der Waals surface area contributed by atoms with Crippen molar-refractivity contribution in [1.82, 2.24) is 14.6 Å². The van der Waals surface area contributed by atoms with Gasteiger partial charge in [0.1, 0.15) is 0 Å². The van der Waals surface area contributed by atoms with Gasteiger partial charge in [0.15, 0.2) is 5.65 Å². The molecule has 0 spiro atoms. The largest absolute Gasteiger partial charge is 0.465 e. The Morgan fingerprint density at radius 1 is 1.13 bits per heavy atom. The number of nitrogens with zero attached hydrogens (tertiary/aromatic N) is 2. The molecule has 1 amide bonds. The molecule has 152 valence electrons. The number of aromatic amines is 1. The van der Waals surface area contributed by atoms with Crippen molar-refractivity contribution in [2.24, 2.45) is 0 Å². The molecular weight excluding hydrogens is 384 g/mol. The maximum atomic E-state index is 12.9. The third-order valence-corrected chi connectivity index (χ3v) is 5.11. The zero-order valence-electron chi connectivity index (χ0n) is 16.8. The summed E-state index contributed by atoms with van der Waals surface area (Å²) in [7, 11) is 1.30. The van der Waals surface area contributed by atoms with E-state index in [9.17, 15) is 14.4 Å². The number of hydrogen-bond acceptors (Lipinski definition) is 5. The van der Waals surface area contributed by atoms with Gasteiger partial charge in [-0.2, -0.15) is 0 Å². The third kappa shape index (κ3) is 3.43. The van der Waals surface area contributed by atoms with Crippen LogP contribution in [0.25, 0.3) is 16.4 Å². The first-order chi connectivity index (χ1) is 14.4. The standard InChI is InChI=1S/C22H20N4O4/c1-12-16(13(2)26-19(23-12)11-21(28)25-26)10-20(27)24-18-9-15-7-5-4-6-14(15)8-17(18)22(29)30-3/h4-9,11H,10H2,1-3H3,(H,24,27)(H,25,28). The third-order valence-electron chi connectivity index (χ3n) is 5.11. The number of aryl methyl sites for hydroxylation is 2. The number of anilines is 1. The fraction of sp³-hybridized carbons (Fsp3) is 0.182. The number of methoxy groups -OCH3 is 1. The van der Waals surface area contributed by atoms with Gasteiger partial charge in [0.05, 0.1) is 24.8 Å². The Morgan fingerprint density at radius 3 is 2.53 bits per heavy atom. The van der Waals surface area contributed by atoms with Gasteiger partial charge in [-0.1, -0.05) is 24.3 Å². The van der Waals surface area contributed by atoms with E-state index in [1.165, 1.54) is 13.2 Å². The van der Waals surface area contributed by atoms with Crippen LogP contribution in [0.5, 0.6) is 0 Å². The number of nitrogens with one attached hydrogen (secondary N) is 2. The quantitative estimate of drug-likeness (QED) is 0.509. The van der Waals surface area contributed by atoms with E-state index in [1.54, 1.807) is 23.6 Å². The van der Waals surface area contributed by atoms with Gasteiger partial charge in [0.25, 0.3) is 5.56 Å². The van der Waals surface area contributed by atoms with Crippen LogP contribution in [0.15, 0.2) is 47.3 Å². The summed E-state index contributed by atoms with van der Waals surface area (Å²) in [4.78, 5) is 41.1. The van der Waals surface area contributed by atoms with Gasteiger partial charge < -0.3 is 10.1 Å². The molecule has 0 radical (unpaired) electrons. The lowest BCUT2D eigenvalue weighted by atomic mass is 10.0. The first kappa shape index (κ1) is 19.4. The number of rotatable bonds is 4. The first-order valence-electron chi connectivity index (χ1n) is 9.36. The van der Waals surface area contributed by atoms with Crippen LogP contribution in [0.2, 0.25) is 0 Å². The number of benzene rings is 2. The predicted molar refractivity (Wildman–Crippen MR) is 113 cm³/mol. The van der Waals surface area contributed by atoms with E-state index < -0.39 is 5.97 Å². The number of hydrogen-bond donors (Lipinski definition) is 2. The molecule has 0 fully saturated rings. The van der Waals surface area contributed by atoms with E-state index in [4.69, 9.17) is 4.74 Å². The summed E-state index contributed by atoms with van der Waals surface area (Å²) >= 11 is 0. The van der Waals surface area contributed by atoms with Crippen molar-refractivity contribution < 1.29 is 14.3 Å². The van der Waals surface area contributed by atoms with Crippen LogP contribution in [0, 0.1) is 13.8 Å². The Hall–Kier alpha value is -3.94. The number of H-pyrrole nitrogens is 1. The minimum Gasteiger partial charge on any atom is -0.465 e. The molecule has 2 aromatic heterocycles. The Bertz CT molecular complexity index is 1370. The van der Waals surface area contributed by atoms with Crippen LogP contribution < -0.4 is 10.9 Å². The highest BCUT2D eigenvalue weighted by Gasteiger charge is 2.18. The van der Waals surface area contributed by atoms with Crippen LogP contribution in [0.3, 0.4) is 0 Å². The summed E-state index contributed by atoms with van der Waals surface area (Å²) in [5.74, 6) is -0.839. The molecule has 0 atom stereocenters. The highest BCUT2D eigenvalue weighted by Crippen LogP contribution is 2.25. The highest BCUT2D eigenvalue weighted by atomic mass is 16.5. The van der Waals surface area contributed by atoms with E-state index in [0.29, 0.717) is 22.6 Å². The van der Waals surface area contributed by atoms with Gasteiger partial charge in [-0.05, 0) is 36.8 Å². The second kappa shape index (κ2) is 7.47. The second-order valence-electron chi connectivity index (χ2n) is 7.04. The van der Waals surface area contributed by atoms with E-state index in [-0.39, 0.29) is 23.5 Å². The fourth-order valence-electron chi connectivity index (χ4n) is 3.59. The minimum atomic E-state index is -0.531. The second-order valence-corrected chi connectivity index (χ2v) is 7.04. The summed E-state index contributed by atoms with van der Waals surface area (Å²) in [6, 6.07) is 12.4. The first-order valence-corrected chi connectivity index (χ1v) is 9.36. The van der Waals surface area contributed by atoms with Crippen molar-refractivity contribution in [3.8, 4) is 0 Å². The van der Waals surface area contributed by atoms with Gasteiger partial charge in [0.2, 0.25) is 5.91 Å². The average molecular weight is 404 g/mol. The molecule has 0 saturated heterocycles. The number of fused-ring (bicyclic) bond motifs is 2. The molecule has 0 aliphatic rings. The topological polar surface area (TPSA) is 106 Å². The molecule has 30 heavy (non-hydrogen) atoms. The summed E-state index contributed by atoms with van der Waals surface area (Å²) in [5.41, 5.74) is 2.99. The van der Waals surface area contributed by atoms with Crippen molar-refractivity contribution in [2.45, 2.75) is 20.3 Å². The van der Waals surface area contributed by atoms with Gasteiger partial charge in [-0.3, -0.25) is 14.7 Å². The maximum Gasteiger partial charge on any atom is 0.339 e. The Kier molecular flexibility index (Phi) is 4.83. The monoisotopic (exact) mass is 404 g/mol. The normalized spacial score (nSPS) is 11.0. The molecule has 2 heterocycles. The molecular formula is C22H20N4O4. The molecule has 4 rings (SSSR count). The van der Waals surface area contributed by atoms with Gasteiger partial charge in [0, 0.05) is 23.0 Å². The number of aromatic nitrogens is 3. The summed E-state index contributed by atoms with van der Waals surface area (Å²) in [6.45, 7) is 3.61. The van der Waals surface area contributed by atoms with Gasteiger partial charge >= 0.3 is 5.97 Å². The van der Waals surface area contributed by atoms with E-state index in [0.717, 1.165) is 16.5 Å². The van der Waals surface area contributed by atoms with Crippen LogP contribution in [-0.4, -0.2) is 33.6 Å². The fourth-order valence-corrected chi connectivity index (χ4v) is 3.59. The lowest BCUT2D eigenvalue weighted by Gasteiger charge is -2.14. The van der Waals surface area contributed by atoms with Gasteiger partial charge in [-0.25, -0.2) is 14.3 Å². The molecule has 0 aliphatic heterocycles. The average Bonchev–Trinajstić information content (AvgIpc) is 3.10. The number of ether oxygens (including phenoxy) is 1. The summed E-state index contributed by atoms with van der Waals surface area (Å²) in [5, 5.41) is 7.26. The van der Waals surface area contributed by atoms with E-state index >= 15 is 0 Å². The molecule has 0 unspecified atom stereocenters. The minimum absolute atomic E-state index is 0.0360. The molecule has 0 bridgehead atoms. The number of carbonyl (C=O) groups is 2. The maximum absolute atomic E-state index is 12.9. The van der Waals surface area contributed by atoms with Crippen molar-refractivity contribution >= 4 is 34.0 Å². The molecule has 0 aliphatic carbocycles. The molecule has 8 heteroatoms. The van der Waals surface area contributed by atoms with Crippen LogP contribution in [0.1, 0.15) is 27.3 Å². The Labute approximate surface area is 171 Å². The summed E-state index contributed by atoms with van der Waals surface area (Å²) < 4.78 is 6.44. The molecule has 2 aromatic carbocycles. The lowest BCUT2D eigenvalue weighted by Crippen LogP contribution is -2.19. The van der Waals surface area contributed by atoms with E-state index in [1.807, 2.05) is 31.2 Å². The SMILES string of the molecule is COC(=O)c1cc2ccccc2cc1NC(=O)Cc1c(C)nc2cc(=O)[nH]n2c1C. The molecule has 4 aromatic rings. The number of amides is 1. The van der Waals surface area contributed by atoms with Crippen molar-refractivity contribution in [1.29, 1.82) is 0 Å². The Balaban J connectivity index is 1.69. The summed E-state index contributed by atoms with van der Waals surface area (Å²) in [6.07, 6.45) is 0.0360.